The minimum Gasteiger partial charge on any atom is -0.495 e. The van der Waals surface area contributed by atoms with E-state index in [4.69, 9.17) is 10.2 Å². The van der Waals surface area contributed by atoms with Crippen LogP contribution in [0, 0.1) is 6.92 Å². The standard InChI is InChI=1S/C6H7NO2.C5H5NO2/c1-4-2-5(8)7-6(9)3-4;7-4-2-1-3-5(8)6-4/h2-3H,1H3,(H2,7,8,9);1-3H,(H2,6,7,8). The molecule has 90 valence electrons. The molecule has 0 saturated heterocycles. The number of H-pyrrole nitrogens is 2. The second kappa shape index (κ2) is 5.55. The van der Waals surface area contributed by atoms with Gasteiger partial charge in [-0.25, -0.2) is 0 Å². The molecule has 0 aromatic carbocycles. The molecule has 0 spiro atoms. The van der Waals surface area contributed by atoms with E-state index in [-0.39, 0.29) is 22.9 Å². The van der Waals surface area contributed by atoms with E-state index < -0.39 is 0 Å². The predicted molar refractivity (Wildman–Crippen MR) is 62.2 cm³/mol. The van der Waals surface area contributed by atoms with E-state index in [1.165, 1.54) is 30.3 Å². The maximum atomic E-state index is 10.5. The lowest BCUT2D eigenvalue weighted by Gasteiger charge is -1.90. The summed E-state index contributed by atoms with van der Waals surface area (Å²) in [4.78, 5) is 25.2. The summed E-state index contributed by atoms with van der Waals surface area (Å²) in [5, 5.41) is 17.3. The van der Waals surface area contributed by atoms with E-state index in [1.807, 2.05) is 0 Å². The second-order valence-electron chi connectivity index (χ2n) is 3.31. The van der Waals surface area contributed by atoms with Gasteiger partial charge in [0.15, 0.2) is 11.8 Å². The zero-order chi connectivity index (χ0) is 12.8. The number of aromatic nitrogens is 2. The molecule has 0 radical (unpaired) electrons. The van der Waals surface area contributed by atoms with Gasteiger partial charge in [0, 0.05) is 18.2 Å². The molecule has 0 atom stereocenters. The second-order valence-corrected chi connectivity index (χ2v) is 3.31. The Morgan fingerprint density at radius 3 is 2.00 bits per heavy atom. The Morgan fingerprint density at radius 2 is 1.59 bits per heavy atom. The Morgan fingerprint density at radius 1 is 0.941 bits per heavy atom. The Hall–Kier alpha value is -2.50. The first-order chi connectivity index (χ1) is 7.97. The summed E-state index contributed by atoms with van der Waals surface area (Å²) in [5.41, 5.74) is 0.203. The third-order valence-corrected chi connectivity index (χ3v) is 1.73. The van der Waals surface area contributed by atoms with E-state index >= 15 is 0 Å². The van der Waals surface area contributed by atoms with Gasteiger partial charge >= 0.3 is 0 Å². The molecule has 0 fully saturated rings. The molecule has 2 heterocycles. The van der Waals surface area contributed by atoms with Crippen LogP contribution in [-0.4, -0.2) is 20.2 Å². The van der Waals surface area contributed by atoms with E-state index in [9.17, 15) is 9.59 Å². The molecule has 2 aromatic rings. The average Bonchev–Trinajstić information content (AvgIpc) is 2.15. The third kappa shape index (κ3) is 4.70. The van der Waals surface area contributed by atoms with Crippen LogP contribution in [0.25, 0.3) is 0 Å². The van der Waals surface area contributed by atoms with Gasteiger partial charge in [-0.1, -0.05) is 6.07 Å². The summed E-state index contributed by atoms with van der Waals surface area (Å²) >= 11 is 0. The summed E-state index contributed by atoms with van der Waals surface area (Å²) in [6, 6.07) is 7.12. The minimum absolute atomic E-state index is 0.0833. The van der Waals surface area contributed by atoms with Crippen molar-refractivity contribution in [1.82, 2.24) is 9.97 Å². The summed E-state index contributed by atoms with van der Waals surface area (Å²) in [7, 11) is 0. The van der Waals surface area contributed by atoms with Crippen LogP contribution in [0.2, 0.25) is 0 Å². The van der Waals surface area contributed by atoms with Gasteiger partial charge in [-0.15, -0.1) is 0 Å². The van der Waals surface area contributed by atoms with Gasteiger partial charge in [0.1, 0.15) is 0 Å². The SMILES string of the molecule is Cc1cc(O)[nH]c(=O)c1.O=c1cccc(O)[nH]1. The Labute approximate surface area is 96.2 Å². The molecular weight excluding hydrogens is 224 g/mol. The van der Waals surface area contributed by atoms with Crippen molar-refractivity contribution in [2.75, 3.05) is 0 Å². The Balaban J connectivity index is 0.000000171. The molecule has 2 rings (SSSR count). The van der Waals surface area contributed by atoms with Crippen molar-refractivity contribution in [2.24, 2.45) is 0 Å². The minimum atomic E-state index is -0.287. The monoisotopic (exact) mass is 236 g/mol. The van der Waals surface area contributed by atoms with Crippen molar-refractivity contribution in [3.05, 3.63) is 56.6 Å². The van der Waals surface area contributed by atoms with Crippen LogP contribution in [0.1, 0.15) is 5.56 Å². The fourth-order valence-corrected chi connectivity index (χ4v) is 1.10. The number of aromatic amines is 2. The van der Waals surface area contributed by atoms with E-state index in [0.29, 0.717) is 0 Å². The van der Waals surface area contributed by atoms with E-state index in [2.05, 4.69) is 9.97 Å². The summed E-state index contributed by atoms with van der Waals surface area (Å²) < 4.78 is 0. The first-order valence-corrected chi connectivity index (χ1v) is 4.75. The van der Waals surface area contributed by atoms with Crippen LogP contribution < -0.4 is 11.1 Å². The predicted octanol–water partition coefficient (Wildman–Crippen LogP) is 0.469. The van der Waals surface area contributed by atoms with Crippen molar-refractivity contribution in [3.63, 3.8) is 0 Å². The van der Waals surface area contributed by atoms with Crippen LogP contribution >= 0.6 is 0 Å². The first kappa shape index (κ1) is 12.6. The molecule has 2 aromatic heterocycles. The van der Waals surface area contributed by atoms with Gasteiger partial charge in [0.2, 0.25) is 0 Å². The molecule has 0 saturated carbocycles. The molecule has 0 bridgehead atoms. The molecule has 4 N–H and O–H groups in total. The van der Waals surface area contributed by atoms with Crippen molar-refractivity contribution in [1.29, 1.82) is 0 Å². The fourth-order valence-electron chi connectivity index (χ4n) is 1.10. The number of rotatable bonds is 0. The van der Waals surface area contributed by atoms with Crippen molar-refractivity contribution >= 4 is 0 Å². The number of hydrogen-bond acceptors (Lipinski definition) is 4. The van der Waals surface area contributed by atoms with Gasteiger partial charge in [-0.2, -0.15) is 0 Å². The van der Waals surface area contributed by atoms with Gasteiger partial charge < -0.3 is 10.2 Å². The van der Waals surface area contributed by atoms with Crippen LogP contribution in [0.3, 0.4) is 0 Å². The molecular formula is C11H12N2O4. The Bertz CT molecular complexity index is 577. The first-order valence-electron chi connectivity index (χ1n) is 4.75. The summed E-state index contributed by atoms with van der Waals surface area (Å²) in [5.74, 6) is -0.183. The highest BCUT2D eigenvalue weighted by Crippen LogP contribution is 2.00. The van der Waals surface area contributed by atoms with Crippen molar-refractivity contribution < 1.29 is 10.2 Å². The molecule has 0 aliphatic rings. The van der Waals surface area contributed by atoms with Gasteiger partial charge in [0.05, 0.1) is 0 Å². The highest BCUT2D eigenvalue weighted by atomic mass is 16.3. The highest BCUT2D eigenvalue weighted by Gasteiger charge is 1.89. The van der Waals surface area contributed by atoms with Crippen LogP contribution in [0.15, 0.2) is 39.9 Å². The number of nitrogens with one attached hydrogen (secondary N) is 2. The number of aryl methyl sites for hydroxylation is 1. The molecule has 17 heavy (non-hydrogen) atoms. The zero-order valence-corrected chi connectivity index (χ0v) is 9.10. The molecule has 0 unspecified atom stereocenters. The lowest BCUT2D eigenvalue weighted by Crippen LogP contribution is -2.02. The molecule has 0 aliphatic heterocycles. The molecule has 0 amide bonds. The number of hydrogen-bond donors (Lipinski definition) is 4. The molecule has 6 nitrogen and oxygen atoms in total. The number of pyridine rings is 2. The maximum Gasteiger partial charge on any atom is 0.250 e. The van der Waals surface area contributed by atoms with Crippen molar-refractivity contribution in [3.8, 4) is 11.8 Å². The Kier molecular flexibility index (Phi) is 4.10. The van der Waals surface area contributed by atoms with Crippen LogP contribution in [0.5, 0.6) is 11.8 Å². The van der Waals surface area contributed by atoms with E-state index in [0.717, 1.165) is 5.56 Å². The average molecular weight is 236 g/mol. The summed E-state index contributed by atoms with van der Waals surface area (Å²) in [6.45, 7) is 1.74. The van der Waals surface area contributed by atoms with Crippen LogP contribution in [-0.2, 0) is 0 Å². The largest absolute Gasteiger partial charge is 0.495 e. The lowest BCUT2D eigenvalue weighted by atomic mass is 10.3. The van der Waals surface area contributed by atoms with Crippen LogP contribution in [0.4, 0.5) is 0 Å². The van der Waals surface area contributed by atoms with Crippen molar-refractivity contribution in [2.45, 2.75) is 6.92 Å². The van der Waals surface area contributed by atoms with Gasteiger partial charge in [-0.3, -0.25) is 19.6 Å². The maximum absolute atomic E-state index is 10.5. The smallest absolute Gasteiger partial charge is 0.250 e. The third-order valence-electron chi connectivity index (χ3n) is 1.73. The molecule has 6 heteroatoms. The quantitative estimate of drug-likeness (QED) is 0.533. The topological polar surface area (TPSA) is 106 Å². The van der Waals surface area contributed by atoms with Gasteiger partial charge in [0.25, 0.3) is 11.1 Å². The fraction of sp³-hybridized carbons (Fsp3) is 0.0909. The summed E-state index contributed by atoms with van der Waals surface area (Å²) in [6.07, 6.45) is 0. The van der Waals surface area contributed by atoms with E-state index in [1.54, 1.807) is 6.92 Å². The number of aromatic hydroxyl groups is 2. The zero-order valence-electron chi connectivity index (χ0n) is 9.10. The van der Waals surface area contributed by atoms with Gasteiger partial charge in [-0.05, 0) is 18.6 Å². The lowest BCUT2D eigenvalue weighted by molar-refractivity contribution is 0.451. The normalized spacial score (nSPS) is 9.24. The molecule has 0 aliphatic carbocycles. The highest BCUT2D eigenvalue weighted by molar-refractivity contribution is 5.17.